The molecule has 5 rings (SSSR count). The van der Waals surface area contributed by atoms with E-state index < -0.39 is 17.7 Å². The fourth-order valence-electron chi connectivity index (χ4n) is 4.35. The number of amides is 1. The van der Waals surface area contributed by atoms with Gasteiger partial charge in [0.05, 0.1) is 17.9 Å². The van der Waals surface area contributed by atoms with E-state index in [2.05, 4.69) is 4.98 Å². The van der Waals surface area contributed by atoms with Crippen LogP contribution in [0.4, 0.5) is 4.39 Å². The Morgan fingerprint density at radius 1 is 1.12 bits per heavy atom. The fourth-order valence-corrected chi connectivity index (χ4v) is 4.35. The normalized spacial score (nSPS) is 18.9. The number of aromatic nitrogens is 1. The van der Waals surface area contributed by atoms with Gasteiger partial charge in [-0.2, -0.15) is 0 Å². The fraction of sp³-hybridized carbons (Fsp3) is 0.192. The molecule has 166 valence electrons. The summed E-state index contributed by atoms with van der Waals surface area (Å²) in [7, 11) is 0. The van der Waals surface area contributed by atoms with Crippen LogP contribution in [0.1, 0.15) is 28.4 Å². The van der Waals surface area contributed by atoms with Crippen molar-refractivity contribution in [3.05, 3.63) is 101 Å². The molecule has 1 N–H and O–H groups in total. The van der Waals surface area contributed by atoms with Crippen molar-refractivity contribution in [1.82, 2.24) is 9.88 Å². The second-order valence-electron chi connectivity index (χ2n) is 8.04. The maximum Gasteiger partial charge on any atom is 0.295 e. The van der Waals surface area contributed by atoms with Gasteiger partial charge in [-0.1, -0.05) is 18.2 Å². The first-order valence-electron chi connectivity index (χ1n) is 10.7. The van der Waals surface area contributed by atoms with Crippen LogP contribution < -0.4 is 4.74 Å². The summed E-state index contributed by atoms with van der Waals surface area (Å²) in [6.45, 7) is 0.785. The van der Waals surface area contributed by atoms with Crippen LogP contribution in [0, 0.1) is 5.82 Å². The van der Waals surface area contributed by atoms with Crippen molar-refractivity contribution >= 4 is 17.4 Å². The number of pyridine rings is 1. The van der Waals surface area contributed by atoms with Crippen molar-refractivity contribution in [2.24, 2.45) is 0 Å². The van der Waals surface area contributed by atoms with Crippen molar-refractivity contribution in [1.29, 1.82) is 0 Å². The molecule has 7 heteroatoms. The zero-order valence-corrected chi connectivity index (χ0v) is 17.7. The first-order chi connectivity index (χ1) is 16.0. The van der Waals surface area contributed by atoms with Gasteiger partial charge in [-0.05, 0) is 60.0 Å². The van der Waals surface area contributed by atoms with Crippen LogP contribution in [0.25, 0.3) is 5.76 Å². The van der Waals surface area contributed by atoms with E-state index in [0.29, 0.717) is 30.7 Å². The Bertz CT molecular complexity index is 1260. The van der Waals surface area contributed by atoms with Gasteiger partial charge in [0.15, 0.2) is 0 Å². The summed E-state index contributed by atoms with van der Waals surface area (Å²) in [4.78, 5) is 31.9. The number of benzene rings is 2. The van der Waals surface area contributed by atoms with E-state index in [4.69, 9.17) is 4.74 Å². The molecule has 2 aliphatic rings. The lowest BCUT2D eigenvalue weighted by atomic mass is 9.97. The molecule has 0 aliphatic carbocycles. The van der Waals surface area contributed by atoms with Crippen LogP contribution in [-0.2, 0) is 22.4 Å². The number of ether oxygens (including phenoxy) is 1. The Balaban J connectivity index is 1.54. The van der Waals surface area contributed by atoms with Gasteiger partial charge >= 0.3 is 0 Å². The molecule has 33 heavy (non-hydrogen) atoms. The minimum atomic E-state index is -0.823. The van der Waals surface area contributed by atoms with Gasteiger partial charge in [0, 0.05) is 24.7 Å². The highest BCUT2D eigenvalue weighted by molar-refractivity contribution is 6.46. The Morgan fingerprint density at radius 2 is 1.94 bits per heavy atom. The number of nitrogens with zero attached hydrogens (tertiary/aromatic N) is 2. The minimum absolute atomic E-state index is 0.0108. The van der Waals surface area contributed by atoms with Crippen molar-refractivity contribution in [3.8, 4) is 5.75 Å². The largest absolute Gasteiger partial charge is 0.507 e. The van der Waals surface area contributed by atoms with Crippen LogP contribution in [0.3, 0.4) is 0 Å². The number of likely N-dealkylation sites (tertiary alicyclic amines) is 1. The van der Waals surface area contributed by atoms with Crippen molar-refractivity contribution in [2.75, 3.05) is 13.2 Å². The summed E-state index contributed by atoms with van der Waals surface area (Å²) in [6, 6.07) is 15.7. The summed E-state index contributed by atoms with van der Waals surface area (Å²) < 4.78 is 18.8. The second-order valence-corrected chi connectivity index (χ2v) is 8.04. The van der Waals surface area contributed by atoms with Crippen LogP contribution >= 0.6 is 0 Å². The first-order valence-corrected chi connectivity index (χ1v) is 10.7. The molecule has 1 amide bonds. The summed E-state index contributed by atoms with van der Waals surface area (Å²) >= 11 is 0. The maximum absolute atomic E-state index is 13.2. The summed E-state index contributed by atoms with van der Waals surface area (Å²) in [5.41, 5.74) is 2.73. The van der Waals surface area contributed by atoms with Crippen molar-refractivity contribution < 1.29 is 23.8 Å². The van der Waals surface area contributed by atoms with E-state index >= 15 is 0 Å². The van der Waals surface area contributed by atoms with Crippen molar-refractivity contribution in [2.45, 2.75) is 18.9 Å². The van der Waals surface area contributed by atoms with E-state index in [1.54, 1.807) is 54.7 Å². The quantitative estimate of drug-likeness (QED) is 0.368. The number of halogens is 1. The highest BCUT2D eigenvalue weighted by Gasteiger charge is 2.46. The number of rotatable bonds is 5. The third-order valence-electron chi connectivity index (χ3n) is 6.03. The Kier molecular flexibility index (Phi) is 5.38. The summed E-state index contributed by atoms with van der Waals surface area (Å²) in [5.74, 6) is -1.26. The highest BCUT2D eigenvalue weighted by Crippen LogP contribution is 2.39. The maximum atomic E-state index is 13.2. The number of aliphatic hydroxyl groups excluding tert-OH is 1. The SMILES string of the molecule is O=C1C(=O)N(CCc2ccc(F)cc2)C(c2ccccn2)/C1=C(/O)c1ccc2c(c1)CCO2. The van der Waals surface area contributed by atoms with Crippen LogP contribution in [0.15, 0.2) is 72.4 Å². The van der Waals surface area contributed by atoms with E-state index in [1.807, 2.05) is 0 Å². The standard InChI is InChI=1S/C26H21FN2O4/c27-19-7-4-16(5-8-19)10-13-29-23(20-3-1-2-12-28-20)22(25(31)26(29)32)24(30)18-6-9-21-17(15-18)11-14-33-21/h1-9,12,15,23,30H,10-11,13-14H2/b24-22-. The number of carbonyl (C=O) groups excluding carboxylic acids is 2. The van der Waals surface area contributed by atoms with Gasteiger partial charge in [0.25, 0.3) is 11.7 Å². The van der Waals surface area contributed by atoms with Gasteiger partial charge in [-0.15, -0.1) is 0 Å². The second kappa shape index (κ2) is 8.50. The number of hydrogen-bond acceptors (Lipinski definition) is 5. The third kappa shape index (κ3) is 3.86. The van der Waals surface area contributed by atoms with Gasteiger partial charge in [0.2, 0.25) is 0 Å². The highest BCUT2D eigenvalue weighted by atomic mass is 19.1. The molecule has 0 saturated carbocycles. The average molecular weight is 444 g/mol. The molecule has 0 spiro atoms. The predicted molar refractivity (Wildman–Crippen MR) is 119 cm³/mol. The molecular formula is C26H21FN2O4. The van der Waals surface area contributed by atoms with E-state index in [1.165, 1.54) is 17.0 Å². The molecule has 0 bridgehead atoms. The van der Waals surface area contributed by atoms with E-state index in [0.717, 1.165) is 16.9 Å². The lowest BCUT2D eigenvalue weighted by Gasteiger charge is -2.24. The van der Waals surface area contributed by atoms with Crippen LogP contribution in [-0.4, -0.2) is 39.8 Å². The van der Waals surface area contributed by atoms with Gasteiger partial charge in [-0.25, -0.2) is 4.39 Å². The Morgan fingerprint density at radius 3 is 2.70 bits per heavy atom. The first kappa shape index (κ1) is 20.9. The van der Waals surface area contributed by atoms with Crippen LogP contribution in [0.5, 0.6) is 5.75 Å². The van der Waals surface area contributed by atoms with Gasteiger partial charge in [-0.3, -0.25) is 14.6 Å². The molecule has 1 aromatic heterocycles. The van der Waals surface area contributed by atoms with Crippen LogP contribution in [0.2, 0.25) is 0 Å². The van der Waals surface area contributed by atoms with Crippen molar-refractivity contribution in [3.63, 3.8) is 0 Å². The molecule has 2 aliphatic heterocycles. The van der Waals surface area contributed by atoms with Gasteiger partial charge in [0.1, 0.15) is 23.4 Å². The summed E-state index contributed by atoms with van der Waals surface area (Å²) in [5, 5.41) is 11.2. The monoisotopic (exact) mass is 444 g/mol. The zero-order chi connectivity index (χ0) is 22.9. The molecule has 0 radical (unpaired) electrons. The molecule has 1 saturated heterocycles. The summed E-state index contributed by atoms with van der Waals surface area (Å²) in [6.07, 6.45) is 2.72. The molecule has 1 unspecified atom stereocenters. The smallest absolute Gasteiger partial charge is 0.295 e. The lowest BCUT2D eigenvalue weighted by Crippen LogP contribution is -2.32. The number of hydrogen-bond donors (Lipinski definition) is 1. The molecule has 1 fully saturated rings. The number of fused-ring (bicyclic) bond motifs is 1. The number of aliphatic hydroxyl groups is 1. The molecule has 6 nitrogen and oxygen atoms in total. The molecule has 3 heterocycles. The number of Topliss-reactive ketones (excluding diaryl/α,β-unsaturated/α-hetero) is 1. The van der Waals surface area contributed by atoms with E-state index in [9.17, 15) is 19.1 Å². The molecular weight excluding hydrogens is 423 g/mol. The topological polar surface area (TPSA) is 79.7 Å². The number of carbonyl (C=O) groups is 2. The Labute approximate surface area is 190 Å². The number of ketones is 1. The Hall–Kier alpha value is -4.00. The molecule has 2 aromatic carbocycles. The molecule has 3 aromatic rings. The molecule has 1 atom stereocenters. The zero-order valence-electron chi connectivity index (χ0n) is 17.7. The predicted octanol–water partition coefficient (Wildman–Crippen LogP) is 3.82. The van der Waals surface area contributed by atoms with E-state index in [-0.39, 0.29) is 23.7 Å². The van der Waals surface area contributed by atoms with Gasteiger partial charge < -0.3 is 14.7 Å². The average Bonchev–Trinajstić information content (AvgIpc) is 3.41. The minimum Gasteiger partial charge on any atom is -0.507 e. The lowest BCUT2D eigenvalue weighted by molar-refractivity contribution is -0.139. The third-order valence-corrected chi connectivity index (χ3v) is 6.03.